The van der Waals surface area contributed by atoms with Crippen LogP contribution in [0.4, 0.5) is 4.79 Å². The molecule has 2 amide bonds. The first-order valence-electron chi connectivity index (χ1n) is 11.1. The smallest absolute Gasteiger partial charge is 0.408 e. The van der Waals surface area contributed by atoms with E-state index in [4.69, 9.17) is 4.74 Å². The van der Waals surface area contributed by atoms with Gasteiger partial charge in [-0.1, -0.05) is 36.4 Å². The number of carbonyl (C=O) groups is 2. The second-order valence-corrected chi connectivity index (χ2v) is 8.44. The first kappa shape index (κ1) is 20.5. The fourth-order valence-corrected chi connectivity index (χ4v) is 4.70. The molecule has 2 aliphatic heterocycles. The number of aromatic amines is 1. The number of hydrogen-bond acceptors (Lipinski definition) is 5. The topological polar surface area (TPSA) is 99.4 Å². The zero-order valence-electron chi connectivity index (χ0n) is 17.8. The van der Waals surface area contributed by atoms with E-state index >= 15 is 0 Å². The van der Waals surface area contributed by atoms with E-state index in [1.807, 2.05) is 53.6 Å². The Balaban J connectivity index is 1.39. The first-order valence-corrected chi connectivity index (χ1v) is 11.1. The van der Waals surface area contributed by atoms with Gasteiger partial charge in [0.15, 0.2) is 0 Å². The fraction of sp³-hybridized carbons (Fsp3) is 0.375. The number of fused-ring (bicyclic) bond motifs is 3. The number of ether oxygens (including phenoxy) is 1. The number of rotatable bonds is 4. The average Bonchev–Trinajstić information content (AvgIpc) is 3.26. The third-order valence-electron chi connectivity index (χ3n) is 6.42. The summed E-state index contributed by atoms with van der Waals surface area (Å²) in [5.74, 6) is -0.0543. The first-order chi connectivity index (χ1) is 15.7. The van der Waals surface area contributed by atoms with E-state index in [9.17, 15) is 9.59 Å². The van der Waals surface area contributed by atoms with Crippen molar-refractivity contribution in [3.05, 3.63) is 65.4 Å². The average molecular weight is 434 g/mol. The van der Waals surface area contributed by atoms with Crippen molar-refractivity contribution in [1.82, 2.24) is 25.7 Å². The van der Waals surface area contributed by atoms with Crippen LogP contribution in [0.1, 0.15) is 29.5 Å². The van der Waals surface area contributed by atoms with Gasteiger partial charge in [-0.15, -0.1) is 0 Å². The zero-order valence-corrected chi connectivity index (χ0v) is 17.8. The fourth-order valence-electron chi connectivity index (χ4n) is 4.70. The minimum absolute atomic E-state index is 0.0543. The van der Waals surface area contributed by atoms with Gasteiger partial charge in [-0.3, -0.25) is 9.89 Å². The van der Waals surface area contributed by atoms with E-state index in [1.54, 1.807) is 0 Å². The van der Waals surface area contributed by atoms with Crippen LogP contribution in [0.25, 0.3) is 10.9 Å². The largest absolute Gasteiger partial charge is 0.445 e. The molecule has 0 bridgehead atoms. The SMILES string of the molecule is O=C(N[C@@H]1Cc2ccc3[nH]ncc3c2CN(C2CCNCC2)C1=O)OCc1ccccc1. The summed E-state index contributed by atoms with van der Waals surface area (Å²) >= 11 is 0. The number of hydrogen-bond donors (Lipinski definition) is 3. The van der Waals surface area contributed by atoms with Crippen molar-refractivity contribution in [1.29, 1.82) is 0 Å². The second kappa shape index (κ2) is 9.00. The second-order valence-electron chi connectivity index (χ2n) is 8.44. The molecule has 1 atom stereocenters. The number of H-pyrrole nitrogens is 1. The lowest BCUT2D eigenvalue weighted by Gasteiger charge is -2.35. The molecule has 32 heavy (non-hydrogen) atoms. The van der Waals surface area contributed by atoms with Crippen LogP contribution in [0.3, 0.4) is 0 Å². The minimum Gasteiger partial charge on any atom is -0.445 e. The van der Waals surface area contributed by atoms with Gasteiger partial charge in [0.1, 0.15) is 12.6 Å². The summed E-state index contributed by atoms with van der Waals surface area (Å²) in [5.41, 5.74) is 4.01. The van der Waals surface area contributed by atoms with E-state index in [0.717, 1.165) is 53.5 Å². The summed E-state index contributed by atoms with van der Waals surface area (Å²) < 4.78 is 5.40. The maximum absolute atomic E-state index is 13.6. The normalized spacial score (nSPS) is 19.4. The van der Waals surface area contributed by atoms with Crippen LogP contribution in [0.15, 0.2) is 48.7 Å². The molecule has 2 aromatic carbocycles. The molecule has 5 rings (SSSR count). The van der Waals surface area contributed by atoms with E-state index < -0.39 is 12.1 Å². The van der Waals surface area contributed by atoms with Crippen LogP contribution in [0.5, 0.6) is 0 Å². The Morgan fingerprint density at radius 3 is 2.78 bits per heavy atom. The lowest BCUT2D eigenvalue weighted by atomic mass is 9.99. The molecule has 8 nitrogen and oxygen atoms in total. The standard InChI is InChI=1S/C24H27N5O3/c30-23-22(27-24(31)32-15-16-4-2-1-3-5-16)12-17-6-7-21-19(13-26-28-21)20(17)14-29(23)18-8-10-25-11-9-18/h1-7,13,18,22,25H,8-12,14-15H2,(H,26,28)(H,27,31)/t22-/m1/s1. The summed E-state index contributed by atoms with van der Waals surface area (Å²) in [7, 11) is 0. The van der Waals surface area contributed by atoms with Crippen molar-refractivity contribution in [3.8, 4) is 0 Å². The van der Waals surface area contributed by atoms with Crippen LogP contribution in [-0.2, 0) is 29.1 Å². The van der Waals surface area contributed by atoms with Crippen LogP contribution in [-0.4, -0.2) is 52.3 Å². The number of nitrogens with one attached hydrogen (secondary N) is 3. The summed E-state index contributed by atoms with van der Waals surface area (Å²) in [4.78, 5) is 28.1. The van der Waals surface area contributed by atoms with Gasteiger partial charge in [0.25, 0.3) is 0 Å². The van der Waals surface area contributed by atoms with Crippen molar-refractivity contribution in [2.24, 2.45) is 0 Å². The molecular weight excluding hydrogens is 406 g/mol. The Morgan fingerprint density at radius 2 is 1.97 bits per heavy atom. The Morgan fingerprint density at radius 1 is 1.16 bits per heavy atom. The molecule has 0 saturated carbocycles. The van der Waals surface area contributed by atoms with Crippen LogP contribution >= 0.6 is 0 Å². The highest BCUT2D eigenvalue weighted by molar-refractivity contribution is 5.89. The molecule has 0 aliphatic carbocycles. The monoisotopic (exact) mass is 433 g/mol. The van der Waals surface area contributed by atoms with Gasteiger partial charge >= 0.3 is 6.09 Å². The Bertz CT molecular complexity index is 1110. The Hall–Kier alpha value is -3.39. The van der Waals surface area contributed by atoms with Gasteiger partial charge < -0.3 is 20.3 Å². The number of benzene rings is 2. The maximum atomic E-state index is 13.6. The molecule has 3 aromatic rings. The molecule has 1 saturated heterocycles. The summed E-state index contributed by atoms with van der Waals surface area (Å²) in [6.45, 7) is 2.45. The number of alkyl carbamates (subject to hydrolysis) is 1. The molecule has 0 radical (unpaired) electrons. The lowest BCUT2D eigenvalue weighted by Crippen LogP contribution is -2.53. The van der Waals surface area contributed by atoms with Gasteiger partial charge in [0.2, 0.25) is 5.91 Å². The molecule has 166 valence electrons. The number of nitrogens with zero attached hydrogens (tertiary/aromatic N) is 2. The van der Waals surface area contributed by atoms with Crippen molar-refractivity contribution in [3.63, 3.8) is 0 Å². The van der Waals surface area contributed by atoms with Crippen molar-refractivity contribution < 1.29 is 14.3 Å². The van der Waals surface area contributed by atoms with E-state index in [2.05, 4.69) is 20.8 Å². The van der Waals surface area contributed by atoms with Crippen molar-refractivity contribution >= 4 is 22.9 Å². The Kier molecular flexibility index (Phi) is 5.77. The quantitative estimate of drug-likeness (QED) is 0.587. The predicted octanol–water partition coefficient (Wildman–Crippen LogP) is 2.49. The summed E-state index contributed by atoms with van der Waals surface area (Å²) in [6, 6.07) is 13.0. The third-order valence-corrected chi connectivity index (χ3v) is 6.42. The molecule has 0 unspecified atom stereocenters. The summed E-state index contributed by atoms with van der Waals surface area (Å²) in [6.07, 6.45) is 3.46. The number of aromatic nitrogens is 2. The highest BCUT2D eigenvalue weighted by Crippen LogP contribution is 2.29. The lowest BCUT2D eigenvalue weighted by molar-refractivity contribution is -0.136. The molecule has 1 fully saturated rings. The Labute approximate surface area is 186 Å². The van der Waals surface area contributed by atoms with Crippen LogP contribution < -0.4 is 10.6 Å². The van der Waals surface area contributed by atoms with Crippen molar-refractivity contribution in [2.75, 3.05) is 13.1 Å². The highest BCUT2D eigenvalue weighted by Gasteiger charge is 2.36. The maximum Gasteiger partial charge on any atom is 0.408 e. The van der Waals surface area contributed by atoms with Gasteiger partial charge in [-0.05, 0) is 48.7 Å². The third kappa shape index (κ3) is 4.18. The molecule has 2 aliphatic rings. The number of amides is 2. The molecule has 3 N–H and O–H groups in total. The summed E-state index contributed by atoms with van der Waals surface area (Å²) in [5, 5.41) is 14.4. The molecule has 0 spiro atoms. The van der Waals surface area contributed by atoms with Gasteiger partial charge in [-0.2, -0.15) is 5.10 Å². The van der Waals surface area contributed by atoms with E-state index in [1.165, 1.54) is 0 Å². The molecule has 3 heterocycles. The highest BCUT2D eigenvalue weighted by atomic mass is 16.5. The van der Waals surface area contributed by atoms with Gasteiger partial charge in [0, 0.05) is 24.4 Å². The molecular formula is C24H27N5O3. The molecule has 1 aromatic heterocycles. The van der Waals surface area contributed by atoms with Gasteiger partial charge in [0.05, 0.1) is 11.7 Å². The predicted molar refractivity (Wildman–Crippen MR) is 120 cm³/mol. The van der Waals surface area contributed by atoms with E-state index in [-0.39, 0.29) is 18.6 Å². The van der Waals surface area contributed by atoms with E-state index in [0.29, 0.717) is 13.0 Å². The van der Waals surface area contributed by atoms with Crippen LogP contribution in [0.2, 0.25) is 0 Å². The van der Waals surface area contributed by atoms with Crippen molar-refractivity contribution in [2.45, 2.75) is 44.5 Å². The molecule has 8 heteroatoms. The van der Waals surface area contributed by atoms with Crippen LogP contribution in [0, 0.1) is 0 Å². The number of piperidine rings is 1. The van der Waals surface area contributed by atoms with Gasteiger partial charge in [-0.25, -0.2) is 4.79 Å². The number of carbonyl (C=O) groups excluding carboxylic acids is 2. The zero-order chi connectivity index (χ0) is 21.9. The minimum atomic E-state index is -0.668.